The van der Waals surface area contributed by atoms with Crippen LogP contribution in [-0.4, -0.2) is 19.1 Å². The van der Waals surface area contributed by atoms with Gasteiger partial charge in [-0.1, -0.05) is 24.3 Å². The van der Waals surface area contributed by atoms with Gasteiger partial charge in [0.1, 0.15) is 5.82 Å². The average Bonchev–Trinajstić information content (AvgIpc) is 3.23. The van der Waals surface area contributed by atoms with Gasteiger partial charge in [-0.05, 0) is 79.6 Å². The Balaban J connectivity index is 1.49. The van der Waals surface area contributed by atoms with E-state index in [0.717, 1.165) is 49.9 Å². The normalized spacial score (nSPS) is 11.7. The molecule has 6 aromatic rings. The molecule has 0 aliphatic carbocycles. The quantitative estimate of drug-likeness (QED) is 0.268. The second-order valence-electron chi connectivity index (χ2n) is 10.1. The summed E-state index contributed by atoms with van der Waals surface area (Å²) in [4.78, 5) is 22.6. The van der Waals surface area contributed by atoms with Crippen LogP contribution in [0.2, 0.25) is 0 Å². The van der Waals surface area contributed by atoms with Crippen LogP contribution in [0.15, 0.2) is 96.1 Å². The Morgan fingerprint density at radius 3 is 2.21 bits per heavy atom. The van der Waals surface area contributed by atoms with Gasteiger partial charge in [0.15, 0.2) is 0 Å². The maximum atomic E-state index is 13.4. The van der Waals surface area contributed by atoms with E-state index < -0.39 is 5.41 Å². The van der Waals surface area contributed by atoms with Crippen LogP contribution in [0, 0.1) is 17.1 Å². The lowest BCUT2D eigenvalue weighted by molar-refractivity contribution is 0.628. The summed E-state index contributed by atoms with van der Waals surface area (Å²) >= 11 is 0. The average molecular weight is 514 g/mol. The van der Waals surface area contributed by atoms with E-state index in [0.29, 0.717) is 5.69 Å². The number of pyridine rings is 2. The Morgan fingerprint density at radius 2 is 1.54 bits per heavy atom. The first-order valence-corrected chi connectivity index (χ1v) is 12.5. The number of imidazole rings is 1. The van der Waals surface area contributed by atoms with Gasteiger partial charge in [0.25, 0.3) is 0 Å². The Kier molecular flexibility index (Phi) is 5.62. The van der Waals surface area contributed by atoms with Gasteiger partial charge in [-0.15, -0.1) is 0 Å². The molecule has 0 aliphatic rings. The number of hydrogen-bond acceptors (Lipinski definition) is 4. The number of hydrogen-bond donors (Lipinski definition) is 0. The van der Waals surface area contributed by atoms with Crippen LogP contribution >= 0.6 is 0 Å². The fourth-order valence-electron chi connectivity index (χ4n) is 4.86. The molecule has 0 aliphatic heterocycles. The topological polar surface area (TPSA) is 76.5 Å². The molecule has 6 nitrogen and oxygen atoms in total. The molecule has 7 heteroatoms. The first-order chi connectivity index (χ1) is 18.8. The third kappa shape index (κ3) is 4.07. The van der Waals surface area contributed by atoms with Crippen LogP contribution in [0.1, 0.15) is 19.4 Å². The van der Waals surface area contributed by atoms with Crippen molar-refractivity contribution >= 4 is 21.9 Å². The number of fused-ring (bicyclic) bond motifs is 3. The molecular weight excluding hydrogens is 489 g/mol. The zero-order chi connectivity index (χ0) is 27.3. The second-order valence-corrected chi connectivity index (χ2v) is 10.1. The number of rotatable bonds is 4. The molecule has 39 heavy (non-hydrogen) atoms. The lowest BCUT2D eigenvalue weighted by atomic mass is 9.86. The molecule has 0 atom stereocenters. The molecule has 0 saturated heterocycles. The van der Waals surface area contributed by atoms with Gasteiger partial charge in [0, 0.05) is 29.8 Å². The smallest absolute Gasteiger partial charge is 0.293 e. The Bertz CT molecular complexity index is 1960. The Morgan fingerprint density at radius 1 is 0.846 bits per heavy atom. The number of nitriles is 1. The number of halogens is 1. The predicted molar refractivity (Wildman–Crippen MR) is 151 cm³/mol. The number of benzene rings is 3. The third-order valence-electron chi connectivity index (χ3n) is 7.25. The number of aryl methyl sites for hydroxylation is 1. The first-order valence-electron chi connectivity index (χ1n) is 12.5. The minimum atomic E-state index is -0.631. The first kappa shape index (κ1) is 24.3. The Labute approximate surface area is 224 Å². The van der Waals surface area contributed by atoms with Gasteiger partial charge in [-0.25, -0.2) is 9.18 Å². The monoisotopic (exact) mass is 513 g/mol. The molecule has 0 N–H and O–H groups in total. The molecule has 0 amide bonds. The van der Waals surface area contributed by atoms with Crippen molar-refractivity contribution in [3.05, 3.63) is 113 Å². The SMILES string of the molecule is Cn1c(=O)n(-c2ccc(C(C)(C)C#N)cc2)c2c3cc(-c4ccc(-c5ccc(F)cc5)nc4)ccc3ncc21. The van der Waals surface area contributed by atoms with Crippen molar-refractivity contribution in [2.75, 3.05) is 0 Å². The van der Waals surface area contributed by atoms with Crippen LogP contribution in [0.25, 0.3) is 50.0 Å². The highest BCUT2D eigenvalue weighted by Crippen LogP contribution is 2.31. The molecule has 0 bridgehead atoms. The zero-order valence-corrected chi connectivity index (χ0v) is 21.7. The van der Waals surface area contributed by atoms with E-state index in [4.69, 9.17) is 0 Å². The summed E-state index contributed by atoms with van der Waals surface area (Å²) in [6.07, 6.45) is 3.52. The van der Waals surface area contributed by atoms with Crippen LogP contribution in [-0.2, 0) is 12.5 Å². The second kappa shape index (κ2) is 9.03. The maximum absolute atomic E-state index is 13.4. The third-order valence-corrected chi connectivity index (χ3v) is 7.25. The highest BCUT2D eigenvalue weighted by molar-refractivity contribution is 6.04. The molecule has 0 spiro atoms. The maximum Gasteiger partial charge on any atom is 0.333 e. The molecule has 0 radical (unpaired) electrons. The highest BCUT2D eigenvalue weighted by atomic mass is 19.1. The van der Waals surface area contributed by atoms with Crippen molar-refractivity contribution in [1.82, 2.24) is 19.1 Å². The van der Waals surface area contributed by atoms with E-state index in [1.165, 1.54) is 12.1 Å². The van der Waals surface area contributed by atoms with Crippen LogP contribution in [0.4, 0.5) is 4.39 Å². The van der Waals surface area contributed by atoms with E-state index in [9.17, 15) is 14.4 Å². The van der Waals surface area contributed by atoms with E-state index in [1.807, 2.05) is 68.4 Å². The minimum Gasteiger partial charge on any atom is -0.293 e. The fourth-order valence-corrected chi connectivity index (χ4v) is 4.86. The molecule has 0 fully saturated rings. The molecule has 3 aromatic carbocycles. The van der Waals surface area contributed by atoms with Crippen molar-refractivity contribution in [2.45, 2.75) is 19.3 Å². The Hall–Kier alpha value is -5.09. The van der Waals surface area contributed by atoms with Crippen LogP contribution in [0.3, 0.4) is 0 Å². The lowest BCUT2D eigenvalue weighted by Gasteiger charge is -2.16. The standard InChI is InChI=1S/C32H24FN5O/c1-32(2,19-34)23-8-12-25(13-9-23)38-30-26-16-21(6-15-28(26)36-18-29(30)37(3)31(38)39)22-7-14-27(35-17-22)20-4-10-24(33)11-5-20/h4-18H,1-3H3. The van der Waals surface area contributed by atoms with Gasteiger partial charge in [-0.3, -0.25) is 19.1 Å². The summed E-state index contributed by atoms with van der Waals surface area (Å²) in [6.45, 7) is 3.74. The van der Waals surface area contributed by atoms with Crippen molar-refractivity contribution in [2.24, 2.45) is 7.05 Å². The largest absolute Gasteiger partial charge is 0.333 e. The van der Waals surface area contributed by atoms with Crippen LogP contribution < -0.4 is 5.69 Å². The highest BCUT2D eigenvalue weighted by Gasteiger charge is 2.21. The lowest BCUT2D eigenvalue weighted by Crippen LogP contribution is -2.21. The minimum absolute atomic E-state index is 0.178. The number of aromatic nitrogens is 4. The van der Waals surface area contributed by atoms with Gasteiger partial charge >= 0.3 is 5.69 Å². The summed E-state index contributed by atoms with van der Waals surface area (Å²) in [7, 11) is 1.74. The zero-order valence-electron chi connectivity index (χ0n) is 21.7. The molecule has 0 saturated carbocycles. The summed E-state index contributed by atoms with van der Waals surface area (Å²) in [5, 5.41) is 10.4. The predicted octanol–water partition coefficient (Wildman–Crippen LogP) is 6.55. The van der Waals surface area contributed by atoms with Crippen molar-refractivity contribution in [1.29, 1.82) is 5.26 Å². The molecule has 6 rings (SSSR count). The summed E-state index contributed by atoms with van der Waals surface area (Å²) in [6, 6.07) is 26.0. The summed E-state index contributed by atoms with van der Waals surface area (Å²) in [5.74, 6) is -0.284. The van der Waals surface area contributed by atoms with E-state index >= 15 is 0 Å². The van der Waals surface area contributed by atoms with Gasteiger partial charge in [0.05, 0.1) is 45.6 Å². The summed E-state index contributed by atoms with van der Waals surface area (Å²) in [5.41, 5.74) is 6.47. The molecule has 3 aromatic heterocycles. The van der Waals surface area contributed by atoms with E-state index in [1.54, 1.807) is 40.7 Å². The fraction of sp³-hybridized carbons (Fsp3) is 0.125. The van der Waals surface area contributed by atoms with Crippen molar-refractivity contribution < 1.29 is 4.39 Å². The van der Waals surface area contributed by atoms with Gasteiger partial charge in [-0.2, -0.15) is 5.26 Å². The molecule has 190 valence electrons. The molecular formula is C32H24FN5O. The van der Waals surface area contributed by atoms with Crippen molar-refractivity contribution in [3.63, 3.8) is 0 Å². The number of nitrogens with zero attached hydrogens (tertiary/aromatic N) is 5. The van der Waals surface area contributed by atoms with E-state index in [-0.39, 0.29) is 11.5 Å². The van der Waals surface area contributed by atoms with Gasteiger partial charge in [0.2, 0.25) is 0 Å². The van der Waals surface area contributed by atoms with Crippen molar-refractivity contribution in [3.8, 4) is 34.1 Å². The molecule has 3 heterocycles. The molecule has 0 unspecified atom stereocenters. The van der Waals surface area contributed by atoms with E-state index in [2.05, 4.69) is 16.0 Å². The van der Waals surface area contributed by atoms with Crippen LogP contribution in [0.5, 0.6) is 0 Å². The van der Waals surface area contributed by atoms with Gasteiger partial charge < -0.3 is 0 Å². The summed E-state index contributed by atoms with van der Waals surface area (Å²) < 4.78 is 16.6.